The number of hydrogen-bond acceptors (Lipinski definition) is 4. The van der Waals surface area contributed by atoms with Crippen LogP contribution in [-0.4, -0.2) is 50.9 Å². The van der Waals surface area contributed by atoms with E-state index in [-0.39, 0.29) is 22.9 Å². The van der Waals surface area contributed by atoms with Gasteiger partial charge in [-0.1, -0.05) is 12.8 Å². The maximum atomic E-state index is 12.5. The van der Waals surface area contributed by atoms with Crippen molar-refractivity contribution in [3.8, 4) is 12.3 Å². The van der Waals surface area contributed by atoms with Gasteiger partial charge in [0.15, 0.2) is 0 Å². The largest absolute Gasteiger partial charge is 0.350 e. The third kappa shape index (κ3) is 5.80. The van der Waals surface area contributed by atoms with E-state index in [9.17, 15) is 13.2 Å². The number of benzene rings is 1. The second-order valence-electron chi connectivity index (χ2n) is 7.74. The quantitative estimate of drug-likeness (QED) is 0.695. The number of nitrogens with zero attached hydrogens (tertiary/aromatic N) is 1. The van der Waals surface area contributed by atoms with E-state index in [1.165, 1.54) is 37.1 Å². The van der Waals surface area contributed by atoms with E-state index in [0.717, 1.165) is 13.1 Å². The number of sulfonamides is 1. The first-order valence-electron chi connectivity index (χ1n) is 9.22. The van der Waals surface area contributed by atoms with Crippen LogP contribution in [0.4, 0.5) is 0 Å². The Balaban J connectivity index is 1.97. The molecule has 1 aliphatic heterocycles. The number of carbonyl (C=O) groups is 1. The fraction of sp³-hybridized carbons (Fsp3) is 0.550. The minimum Gasteiger partial charge on any atom is -0.350 e. The monoisotopic (exact) mass is 391 g/mol. The van der Waals surface area contributed by atoms with Gasteiger partial charge in [-0.25, -0.2) is 8.42 Å². The van der Waals surface area contributed by atoms with E-state index in [2.05, 4.69) is 41.6 Å². The van der Waals surface area contributed by atoms with Gasteiger partial charge in [-0.3, -0.25) is 9.69 Å². The Morgan fingerprint density at radius 3 is 2.59 bits per heavy atom. The maximum absolute atomic E-state index is 12.5. The number of amides is 1. The van der Waals surface area contributed by atoms with Gasteiger partial charge in [0.1, 0.15) is 0 Å². The van der Waals surface area contributed by atoms with Gasteiger partial charge >= 0.3 is 0 Å². The summed E-state index contributed by atoms with van der Waals surface area (Å²) in [6, 6.07) is 5.84. The van der Waals surface area contributed by atoms with E-state index in [0.29, 0.717) is 18.0 Å². The third-order valence-electron chi connectivity index (χ3n) is 4.99. The average Bonchev–Trinajstić information content (AvgIpc) is 2.64. The lowest BCUT2D eigenvalue weighted by Crippen LogP contribution is -2.54. The minimum atomic E-state index is -3.65. The summed E-state index contributed by atoms with van der Waals surface area (Å²) in [5, 5.41) is 2.97. The summed E-state index contributed by atoms with van der Waals surface area (Å²) in [7, 11) is -3.65. The standard InChI is InChI=1S/C20H29N3O3S/c1-5-12-22-27(25,26)18-10-8-17(9-11-18)19(24)21-15-20(3,4)23-13-6-7-16(2)14-23/h1,8-11,16,22H,6-7,12-15H2,2-4H3,(H,21,24). The van der Waals surface area contributed by atoms with Crippen molar-refractivity contribution in [2.75, 3.05) is 26.2 Å². The minimum absolute atomic E-state index is 0.0746. The first kappa shape index (κ1) is 21.4. The molecule has 1 aliphatic rings. The molecule has 1 heterocycles. The van der Waals surface area contributed by atoms with Crippen molar-refractivity contribution < 1.29 is 13.2 Å². The Hall–Kier alpha value is -1.88. The molecule has 1 saturated heterocycles. The molecule has 0 spiro atoms. The van der Waals surface area contributed by atoms with Crippen LogP contribution in [-0.2, 0) is 10.0 Å². The number of nitrogens with one attached hydrogen (secondary N) is 2. The zero-order valence-electron chi connectivity index (χ0n) is 16.3. The van der Waals surface area contributed by atoms with Crippen molar-refractivity contribution in [3.05, 3.63) is 29.8 Å². The van der Waals surface area contributed by atoms with Crippen molar-refractivity contribution in [1.29, 1.82) is 0 Å². The first-order valence-corrected chi connectivity index (χ1v) is 10.7. The van der Waals surface area contributed by atoms with Crippen LogP contribution in [0.1, 0.15) is 44.0 Å². The van der Waals surface area contributed by atoms with Crippen molar-refractivity contribution in [1.82, 2.24) is 14.9 Å². The Labute approximate surface area is 162 Å². The Bertz CT molecular complexity index is 795. The second-order valence-corrected chi connectivity index (χ2v) is 9.51. The fourth-order valence-electron chi connectivity index (χ4n) is 3.26. The first-order chi connectivity index (χ1) is 12.7. The molecular formula is C20H29N3O3S. The zero-order chi connectivity index (χ0) is 20.1. The van der Waals surface area contributed by atoms with Gasteiger partial charge in [0.25, 0.3) is 5.91 Å². The molecule has 0 saturated carbocycles. The van der Waals surface area contributed by atoms with Crippen LogP contribution in [0, 0.1) is 18.3 Å². The van der Waals surface area contributed by atoms with Crippen LogP contribution in [0.5, 0.6) is 0 Å². The molecule has 27 heavy (non-hydrogen) atoms. The highest BCUT2D eigenvalue weighted by Crippen LogP contribution is 2.23. The van der Waals surface area contributed by atoms with E-state index in [1.54, 1.807) is 0 Å². The molecule has 1 unspecified atom stereocenters. The molecule has 7 heteroatoms. The molecule has 0 aliphatic carbocycles. The molecule has 2 rings (SSSR count). The van der Waals surface area contributed by atoms with Gasteiger partial charge in [0.2, 0.25) is 10.0 Å². The molecule has 1 aromatic rings. The summed E-state index contributed by atoms with van der Waals surface area (Å²) in [6.07, 6.45) is 7.51. The second kappa shape index (κ2) is 8.87. The number of piperidine rings is 1. The normalized spacial score (nSPS) is 18.7. The predicted octanol–water partition coefficient (Wildman–Crippen LogP) is 1.84. The van der Waals surface area contributed by atoms with E-state index in [4.69, 9.17) is 6.42 Å². The van der Waals surface area contributed by atoms with E-state index < -0.39 is 10.0 Å². The van der Waals surface area contributed by atoms with Gasteiger partial charge in [0.05, 0.1) is 11.4 Å². The summed E-state index contributed by atoms with van der Waals surface area (Å²) in [5.74, 6) is 2.68. The Morgan fingerprint density at radius 2 is 2.00 bits per heavy atom. The van der Waals surface area contributed by atoms with E-state index in [1.807, 2.05) is 0 Å². The highest BCUT2D eigenvalue weighted by Gasteiger charge is 2.30. The number of likely N-dealkylation sites (tertiary alicyclic amines) is 1. The molecule has 6 nitrogen and oxygen atoms in total. The lowest BCUT2D eigenvalue weighted by molar-refractivity contribution is 0.0657. The van der Waals surface area contributed by atoms with Gasteiger partial charge < -0.3 is 5.32 Å². The number of rotatable bonds is 7. The molecule has 1 fully saturated rings. The van der Waals surface area contributed by atoms with Crippen LogP contribution < -0.4 is 10.0 Å². The highest BCUT2D eigenvalue weighted by atomic mass is 32.2. The summed E-state index contributed by atoms with van der Waals surface area (Å²) in [6.45, 7) is 9.08. The summed E-state index contributed by atoms with van der Waals surface area (Å²) < 4.78 is 26.3. The zero-order valence-corrected chi connectivity index (χ0v) is 17.1. The molecule has 1 amide bonds. The topological polar surface area (TPSA) is 78.5 Å². The summed E-state index contributed by atoms with van der Waals surface area (Å²) >= 11 is 0. The van der Waals surface area contributed by atoms with Crippen LogP contribution in [0.15, 0.2) is 29.2 Å². The Kier molecular flexibility index (Phi) is 7.04. The fourth-order valence-corrected chi connectivity index (χ4v) is 4.19. The van der Waals surface area contributed by atoms with Gasteiger partial charge in [-0.15, -0.1) is 6.42 Å². The summed E-state index contributed by atoms with van der Waals surface area (Å²) in [5.41, 5.74) is 0.293. The van der Waals surface area contributed by atoms with Gasteiger partial charge in [-0.05, 0) is 63.4 Å². The highest BCUT2D eigenvalue weighted by molar-refractivity contribution is 7.89. The molecule has 148 valence electrons. The smallest absolute Gasteiger partial charge is 0.251 e. The van der Waals surface area contributed by atoms with Crippen LogP contribution >= 0.6 is 0 Å². The maximum Gasteiger partial charge on any atom is 0.251 e. The lowest BCUT2D eigenvalue weighted by Gasteiger charge is -2.43. The van der Waals surface area contributed by atoms with Crippen LogP contribution in [0.25, 0.3) is 0 Å². The molecule has 0 radical (unpaired) electrons. The van der Waals surface area contributed by atoms with Crippen molar-refractivity contribution >= 4 is 15.9 Å². The molecule has 0 aromatic heterocycles. The van der Waals surface area contributed by atoms with Gasteiger partial charge in [0, 0.05) is 24.2 Å². The number of carbonyl (C=O) groups excluding carboxylic acids is 1. The molecule has 2 N–H and O–H groups in total. The predicted molar refractivity (Wildman–Crippen MR) is 107 cm³/mol. The molecule has 1 aromatic carbocycles. The lowest BCUT2D eigenvalue weighted by atomic mass is 9.93. The number of terminal acetylenes is 1. The van der Waals surface area contributed by atoms with E-state index >= 15 is 0 Å². The average molecular weight is 392 g/mol. The summed E-state index contributed by atoms with van der Waals surface area (Å²) in [4.78, 5) is 15.0. The molecular weight excluding hydrogens is 362 g/mol. The number of hydrogen-bond donors (Lipinski definition) is 2. The van der Waals surface area contributed by atoms with Crippen molar-refractivity contribution in [2.24, 2.45) is 5.92 Å². The van der Waals surface area contributed by atoms with Crippen LogP contribution in [0.3, 0.4) is 0 Å². The van der Waals surface area contributed by atoms with Crippen LogP contribution in [0.2, 0.25) is 0 Å². The third-order valence-corrected chi connectivity index (χ3v) is 6.40. The molecule has 0 bridgehead atoms. The Morgan fingerprint density at radius 1 is 1.33 bits per heavy atom. The van der Waals surface area contributed by atoms with Gasteiger partial charge in [-0.2, -0.15) is 4.72 Å². The molecule has 1 atom stereocenters. The van der Waals surface area contributed by atoms with Crippen molar-refractivity contribution in [2.45, 2.75) is 44.0 Å². The SMILES string of the molecule is C#CCNS(=O)(=O)c1ccc(C(=O)NCC(C)(C)N2CCCC(C)C2)cc1. The van der Waals surface area contributed by atoms with Crippen molar-refractivity contribution in [3.63, 3.8) is 0 Å².